The molecule has 0 heterocycles. The number of halogens is 2. The summed E-state index contributed by atoms with van der Waals surface area (Å²) in [5.74, 6) is 2.16. The Morgan fingerprint density at radius 1 is 1.64 bits per heavy atom. The van der Waals surface area contributed by atoms with Crippen molar-refractivity contribution in [3.63, 3.8) is 0 Å². The SMILES string of the molecule is C#CC(CC)Nc1ccc(F)c(Cl)c1. The van der Waals surface area contributed by atoms with Crippen molar-refractivity contribution in [1.29, 1.82) is 0 Å². The molecule has 0 amide bonds. The highest BCUT2D eigenvalue weighted by Crippen LogP contribution is 2.20. The molecule has 1 nitrogen and oxygen atoms in total. The summed E-state index contributed by atoms with van der Waals surface area (Å²) in [5, 5.41) is 3.16. The van der Waals surface area contributed by atoms with E-state index in [0.717, 1.165) is 12.1 Å². The number of rotatable bonds is 3. The number of hydrogen-bond acceptors (Lipinski definition) is 1. The maximum Gasteiger partial charge on any atom is 0.141 e. The molecule has 0 saturated heterocycles. The Morgan fingerprint density at radius 3 is 2.86 bits per heavy atom. The van der Waals surface area contributed by atoms with E-state index in [-0.39, 0.29) is 11.1 Å². The molecule has 0 aromatic heterocycles. The van der Waals surface area contributed by atoms with Crippen LogP contribution in [0.15, 0.2) is 18.2 Å². The van der Waals surface area contributed by atoms with Gasteiger partial charge in [-0.15, -0.1) is 6.42 Å². The van der Waals surface area contributed by atoms with E-state index < -0.39 is 5.82 Å². The van der Waals surface area contributed by atoms with Crippen molar-refractivity contribution in [2.24, 2.45) is 0 Å². The van der Waals surface area contributed by atoms with Crippen molar-refractivity contribution in [3.05, 3.63) is 29.0 Å². The maximum atomic E-state index is 12.8. The summed E-state index contributed by atoms with van der Waals surface area (Å²) in [7, 11) is 0. The molecular formula is C11H11ClFN. The van der Waals surface area contributed by atoms with Crippen LogP contribution in [0.1, 0.15) is 13.3 Å². The van der Waals surface area contributed by atoms with Gasteiger partial charge in [-0.2, -0.15) is 0 Å². The van der Waals surface area contributed by atoms with E-state index in [4.69, 9.17) is 18.0 Å². The molecule has 0 radical (unpaired) electrons. The van der Waals surface area contributed by atoms with Crippen LogP contribution in [-0.2, 0) is 0 Å². The molecule has 0 saturated carbocycles. The predicted molar refractivity (Wildman–Crippen MR) is 57.9 cm³/mol. The van der Waals surface area contributed by atoms with E-state index in [9.17, 15) is 4.39 Å². The van der Waals surface area contributed by atoms with Crippen molar-refractivity contribution in [2.75, 3.05) is 5.32 Å². The Balaban J connectivity index is 2.78. The fourth-order valence-electron chi connectivity index (χ4n) is 1.05. The largest absolute Gasteiger partial charge is 0.372 e. The summed E-state index contributed by atoms with van der Waals surface area (Å²) < 4.78 is 12.8. The molecule has 1 atom stereocenters. The Morgan fingerprint density at radius 2 is 2.36 bits per heavy atom. The van der Waals surface area contributed by atoms with E-state index in [0.29, 0.717) is 0 Å². The van der Waals surface area contributed by atoms with Crippen molar-refractivity contribution in [1.82, 2.24) is 0 Å². The highest BCUT2D eigenvalue weighted by Gasteiger charge is 2.04. The Bertz CT molecular complexity index is 357. The smallest absolute Gasteiger partial charge is 0.141 e. The van der Waals surface area contributed by atoms with Crippen LogP contribution in [0.5, 0.6) is 0 Å². The second-order valence-corrected chi connectivity index (χ2v) is 3.31. The van der Waals surface area contributed by atoms with Gasteiger partial charge in [-0.25, -0.2) is 4.39 Å². The number of terminal acetylenes is 1. The monoisotopic (exact) mass is 211 g/mol. The van der Waals surface area contributed by atoms with E-state index >= 15 is 0 Å². The summed E-state index contributed by atoms with van der Waals surface area (Å²) in [6.45, 7) is 1.97. The zero-order chi connectivity index (χ0) is 10.6. The van der Waals surface area contributed by atoms with Gasteiger partial charge in [-0.05, 0) is 24.6 Å². The molecule has 0 bridgehead atoms. The van der Waals surface area contributed by atoms with Gasteiger partial charge in [0.25, 0.3) is 0 Å². The predicted octanol–water partition coefficient (Wildman–Crippen LogP) is 3.30. The van der Waals surface area contributed by atoms with Crippen molar-refractivity contribution < 1.29 is 4.39 Å². The number of hydrogen-bond donors (Lipinski definition) is 1. The van der Waals surface area contributed by atoms with Crippen LogP contribution >= 0.6 is 11.6 Å². The molecule has 0 aliphatic carbocycles. The minimum absolute atomic E-state index is 0.0449. The minimum atomic E-state index is -0.425. The fourth-order valence-corrected chi connectivity index (χ4v) is 1.23. The van der Waals surface area contributed by atoms with Gasteiger partial charge in [0, 0.05) is 5.69 Å². The summed E-state index contributed by atoms with van der Waals surface area (Å²) in [6, 6.07) is 4.41. The van der Waals surface area contributed by atoms with Gasteiger partial charge in [-0.3, -0.25) is 0 Å². The second-order valence-electron chi connectivity index (χ2n) is 2.90. The summed E-state index contributed by atoms with van der Waals surface area (Å²) >= 11 is 5.62. The van der Waals surface area contributed by atoms with E-state index in [2.05, 4.69) is 11.2 Å². The van der Waals surface area contributed by atoms with Crippen molar-refractivity contribution in [3.8, 4) is 12.3 Å². The molecule has 1 aromatic carbocycles. The molecule has 74 valence electrons. The fraction of sp³-hybridized carbons (Fsp3) is 0.273. The second kappa shape index (κ2) is 4.88. The summed E-state index contributed by atoms with van der Waals surface area (Å²) in [6.07, 6.45) is 6.09. The lowest BCUT2D eigenvalue weighted by atomic mass is 10.2. The van der Waals surface area contributed by atoms with E-state index in [1.807, 2.05) is 6.92 Å². The quantitative estimate of drug-likeness (QED) is 0.757. The summed E-state index contributed by atoms with van der Waals surface area (Å²) in [4.78, 5) is 0. The third-order valence-electron chi connectivity index (χ3n) is 1.87. The van der Waals surface area contributed by atoms with Crippen LogP contribution in [0.4, 0.5) is 10.1 Å². The van der Waals surface area contributed by atoms with Gasteiger partial charge in [0.05, 0.1) is 11.1 Å². The first-order valence-electron chi connectivity index (χ1n) is 4.35. The van der Waals surface area contributed by atoms with E-state index in [1.54, 1.807) is 6.07 Å². The lowest BCUT2D eigenvalue weighted by Crippen LogP contribution is -2.15. The van der Waals surface area contributed by atoms with Crippen LogP contribution < -0.4 is 5.32 Å². The molecule has 3 heteroatoms. The Kier molecular flexibility index (Phi) is 3.79. The van der Waals surface area contributed by atoms with Crippen molar-refractivity contribution in [2.45, 2.75) is 19.4 Å². The number of nitrogens with one attached hydrogen (secondary N) is 1. The molecule has 0 aliphatic rings. The van der Waals surface area contributed by atoms with Crippen LogP contribution in [-0.4, -0.2) is 6.04 Å². The van der Waals surface area contributed by atoms with Gasteiger partial charge in [0.1, 0.15) is 5.82 Å². The molecule has 1 N–H and O–H groups in total. The number of benzene rings is 1. The van der Waals surface area contributed by atoms with Gasteiger partial charge in [-0.1, -0.05) is 24.4 Å². The highest BCUT2D eigenvalue weighted by atomic mass is 35.5. The van der Waals surface area contributed by atoms with Crippen molar-refractivity contribution >= 4 is 17.3 Å². The van der Waals surface area contributed by atoms with Crippen LogP contribution in [0.25, 0.3) is 0 Å². The topological polar surface area (TPSA) is 12.0 Å². The molecule has 1 rings (SSSR count). The summed E-state index contributed by atoms with van der Waals surface area (Å²) in [5.41, 5.74) is 0.737. The zero-order valence-corrected chi connectivity index (χ0v) is 8.61. The maximum absolute atomic E-state index is 12.8. The molecule has 14 heavy (non-hydrogen) atoms. The van der Waals surface area contributed by atoms with Crippen LogP contribution in [0, 0.1) is 18.2 Å². The Labute approximate surface area is 88.3 Å². The van der Waals surface area contributed by atoms with Crippen LogP contribution in [0.3, 0.4) is 0 Å². The normalized spacial score (nSPS) is 11.9. The Hall–Kier alpha value is -1.20. The molecule has 1 aromatic rings. The molecule has 0 aliphatic heterocycles. The zero-order valence-electron chi connectivity index (χ0n) is 7.85. The molecular weight excluding hydrogens is 201 g/mol. The average molecular weight is 212 g/mol. The van der Waals surface area contributed by atoms with Gasteiger partial charge < -0.3 is 5.32 Å². The molecule has 0 spiro atoms. The lowest BCUT2D eigenvalue weighted by molar-refractivity contribution is 0.628. The lowest BCUT2D eigenvalue weighted by Gasteiger charge is -2.12. The van der Waals surface area contributed by atoms with Gasteiger partial charge in [0.2, 0.25) is 0 Å². The van der Waals surface area contributed by atoms with E-state index in [1.165, 1.54) is 12.1 Å². The number of anilines is 1. The van der Waals surface area contributed by atoms with Crippen LogP contribution in [0.2, 0.25) is 5.02 Å². The molecule has 0 fully saturated rings. The van der Waals surface area contributed by atoms with Gasteiger partial charge >= 0.3 is 0 Å². The highest BCUT2D eigenvalue weighted by molar-refractivity contribution is 6.31. The van der Waals surface area contributed by atoms with Gasteiger partial charge in [0.15, 0.2) is 0 Å². The third kappa shape index (κ3) is 2.65. The average Bonchev–Trinajstić information content (AvgIpc) is 2.19. The third-order valence-corrected chi connectivity index (χ3v) is 2.16. The first kappa shape index (κ1) is 10.9. The standard InChI is InChI=1S/C11H11ClFN/c1-3-8(4-2)14-9-5-6-11(13)10(12)7-9/h1,5-8,14H,4H2,2H3. The molecule has 1 unspecified atom stereocenters. The first-order chi connectivity index (χ1) is 6.67. The first-order valence-corrected chi connectivity index (χ1v) is 4.73. The minimum Gasteiger partial charge on any atom is -0.372 e.